The molecule has 264 valence electrons. The molecule has 0 N–H and O–H groups in total. The normalized spacial score (nSPS) is 11.1. The molecule has 2 aromatic heterocycles. The predicted molar refractivity (Wildman–Crippen MR) is 227 cm³/mol. The molecule has 0 saturated heterocycles. The van der Waals surface area contributed by atoms with Gasteiger partial charge in [0.15, 0.2) is 34.9 Å². The van der Waals surface area contributed by atoms with E-state index in [4.69, 9.17) is 29.9 Å². The highest BCUT2D eigenvalue weighted by Gasteiger charge is 2.14. The second kappa shape index (κ2) is 15.7. The summed E-state index contributed by atoms with van der Waals surface area (Å²) in [4.78, 5) is 29.1. The van der Waals surface area contributed by atoms with Gasteiger partial charge in [0.25, 0.3) is 0 Å². The zero-order valence-electron chi connectivity index (χ0n) is 30.3. The molecule has 9 rings (SSSR count). The van der Waals surface area contributed by atoms with Crippen LogP contribution in [0.5, 0.6) is 0 Å². The van der Waals surface area contributed by atoms with E-state index >= 15 is 0 Å². The van der Waals surface area contributed by atoms with Gasteiger partial charge in [-0.25, -0.2) is 29.9 Å². The summed E-state index contributed by atoms with van der Waals surface area (Å²) in [5, 5.41) is 0. The lowest BCUT2D eigenvalue weighted by molar-refractivity contribution is 1.07. The van der Waals surface area contributed by atoms with Crippen molar-refractivity contribution in [2.45, 2.75) is 0 Å². The van der Waals surface area contributed by atoms with Crippen LogP contribution in [0.1, 0.15) is 11.1 Å². The third-order valence-corrected chi connectivity index (χ3v) is 9.42. The van der Waals surface area contributed by atoms with E-state index in [1.54, 1.807) is 0 Å². The van der Waals surface area contributed by atoms with Gasteiger partial charge < -0.3 is 0 Å². The standard InChI is InChI=1S/C50H34N6/c1-5-13-39(14-6-1)45-51-46(40-15-7-2-8-16-40)54-49(53-45)43-29-25-36(26-30-43)22-21-35-23-27-37(28-24-35)38-31-33-44(34-32-38)50-55-47(41-17-9-3-10-18-41)52-48(56-50)42-19-11-4-12-20-42/h1-34H. The van der Waals surface area contributed by atoms with Crippen molar-refractivity contribution >= 4 is 12.2 Å². The third kappa shape index (κ3) is 7.67. The van der Waals surface area contributed by atoms with Crippen LogP contribution >= 0.6 is 0 Å². The Hall–Kier alpha value is -7.70. The fourth-order valence-electron chi connectivity index (χ4n) is 6.41. The lowest BCUT2D eigenvalue weighted by Gasteiger charge is -2.09. The van der Waals surface area contributed by atoms with E-state index in [-0.39, 0.29) is 0 Å². The molecule has 0 amide bonds. The van der Waals surface area contributed by atoms with Gasteiger partial charge in [-0.05, 0) is 22.3 Å². The minimum atomic E-state index is 0.638. The number of hydrogen-bond donors (Lipinski definition) is 0. The molecule has 0 aliphatic heterocycles. The fraction of sp³-hybridized carbons (Fsp3) is 0. The molecule has 7 aromatic carbocycles. The summed E-state index contributed by atoms with van der Waals surface area (Å²) in [6, 6.07) is 65.4. The van der Waals surface area contributed by atoms with E-state index in [2.05, 4.69) is 84.9 Å². The SMILES string of the molecule is C(=Cc1ccc(-c2nc(-c3ccccc3)nc(-c3ccccc3)n2)cc1)c1ccc(-c2ccc(-c3nc(-c4ccccc4)nc(-c4ccccc4)n3)cc2)cc1. The fourth-order valence-corrected chi connectivity index (χ4v) is 6.41. The maximum atomic E-state index is 4.87. The number of benzene rings is 7. The van der Waals surface area contributed by atoms with Gasteiger partial charge in [0.05, 0.1) is 0 Å². The Kier molecular flexibility index (Phi) is 9.57. The van der Waals surface area contributed by atoms with E-state index < -0.39 is 0 Å². The lowest BCUT2D eigenvalue weighted by Crippen LogP contribution is -2.00. The van der Waals surface area contributed by atoms with Gasteiger partial charge in [0, 0.05) is 33.4 Å². The maximum absolute atomic E-state index is 4.87. The number of rotatable bonds is 9. The van der Waals surface area contributed by atoms with E-state index in [0.717, 1.165) is 55.6 Å². The first-order valence-corrected chi connectivity index (χ1v) is 18.5. The summed E-state index contributed by atoms with van der Waals surface area (Å²) in [7, 11) is 0. The smallest absolute Gasteiger partial charge is 0.164 e. The van der Waals surface area contributed by atoms with Gasteiger partial charge in [-0.1, -0.05) is 206 Å². The maximum Gasteiger partial charge on any atom is 0.164 e. The van der Waals surface area contributed by atoms with E-state index in [0.29, 0.717) is 34.9 Å². The summed E-state index contributed by atoms with van der Waals surface area (Å²) in [5.41, 5.74) is 10.1. The molecule has 0 bridgehead atoms. The molecule has 0 aliphatic carbocycles. The number of aromatic nitrogens is 6. The summed E-state index contributed by atoms with van der Waals surface area (Å²) in [5.74, 6) is 3.87. The van der Waals surface area contributed by atoms with Crippen LogP contribution in [-0.2, 0) is 0 Å². The Balaban J connectivity index is 0.919. The van der Waals surface area contributed by atoms with Gasteiger partial charge in [-0.2, -0.15) is 0 Å². The van der Waals surface area contributed by atoms with Crippen molar-refractivity contribution in [1.82, 2.24) is 29.9 Å². The molecule has 0 unspecified atom stereocenters. The molecule has 56 heavy (non-hydrogen) atoms. The van der Waals surface area contributed by atoms with Gasteiger partial charge in [-0.15, -0.1) is 0 Å². The average molecular weight is 719 g/mol. The highest BCUT2D eigenvalue weighted by atomic mass is 15.0. The Morgan fingerprint density at radius 1 is 0.196 bits per heavy atom. The zero-order valence-corrected chi connectivity index (χ0v) is 30.3. The van der Waals surface area contributed by atoms with E-state index in [9.17, 15) is 0 Å². The lowest BCUT2D eigenvalue weighted by atomic mass is 10.0. The van der Waals surface area contributed by atoms with Crippen molar-refractivity contribution in [3.05, 3.63) is 205 Å². The van der Waals surface area contributed by atoms with E-state index in [1.807, 2.05) is 121 Å². The molecular weight excluding hydrogens is 685 g/mol. The molecule has 0 spiro atoms. The summed E-state index contributed by atoms with van der Waals surface area (Å²) < 4.78 is 0. The van der Waals surface area contributed by atoms with Gasteiger partial charge in [-0.3, -0.25) is 0 Å². The first kappa shape index (κ1) is 34.1. The predicted octanol–water partition coefficient (Wildman–Crippen LogP) is 11.9. The molecule has 0 atom stereocenters. The highest BCUT2D eigenvalue weighted by Crippen LogP contribution is 2.29. The zero-order chi connectivity index (χ0) is 37.5. The van der Waals surface area contributed by atoms with E-state index in [1.165, 1.54) is 0 Å². The molecule has 0 aliphatic rings. The molecule has 0 saturated carbocycles. The van der Waals surface area contributed by atoms with Crippen LogP contribution in [0.15, 0.2) is 194 Å². The van der Waals surface area contributed by atoms with Crippen LogP contribution in [0.25, 0.3) is 91.6 Å². The van der Waals surface area contributed by atoms with Crippen LogP contribution < -0.4 is 0 Å². The second-order valence-corrected chi connectivity index (χ2v) is 13.2. The van der Waals surface area contributed by atoms with Crippen LogP contribution in [0.4, 0.5) is 0 Å². The topological polar surface area (TPSA) is 77.3 Å². The van der Waals surface area contributed by atoms with Crippen molar-refractivity contribution in [3.8, 4) is 79.5 Å². The molecule has 6 heteroatoms. The summed E-state index contributed by atoms with van der Waals surface area (Å²) in [6.07, 6.45) is 4.25. The Morgan fingerprint density at radius 3 is 0.661 bits per heavy atom. The molecule has 0 fully saturated rings. The molecule has 0 radical (unpaired) electrons. The van der Waals surface area contributed by atoms with Crippen LogP contribution in [0.2, 0.25) is 0 Å². The van der Waals surface area contributed by atoms with Crippen LogP contribution in [0, 0.1) is 0 Å². The monoisotopic (exact) mass is 718 g/mol. The number of hydrogen-bond acceptors (Lipinski definition) is 6. The first-order valence-electron chi connectivity index (χ1n) is 18.5. The summed E-state index contributed by atoms with van der Waals surface area (Å²) >= 11 is 0. The van der Waals surface area contributed by atoms with Crippen molar-refractivity contribution in [3.63, 3.8) is 0 Å². The third-order valence-electron chi connectivity index (χ3n) is 9.42. The van der Waals surface area contributed by atoms with Gasteiger partial charge in [0.2, 0.25) is 0 Å². The van der Waals surface area contributed by atoms with Crippen LogP contribution in [0.3, 0.4) is 0 Å². The molecular formula is C50H34N6. The van der Waals surface area contributed by atoms with Crippen molar-refractivity contribution < 1.29 is 0 Å². The second-order valence-electron chi connectivity index (χ2n) is 13.2. The Morgan fingerprint density at radius 2 is 0.393 bits per heavy atom. The van der Waals surface area contributed by atoms with Gasteiger partial charge >= 0.3 is 0 Å². The van der Waals surface area contributed by atoms with Gasteiger partial charge in [0.1, 0.15) is 0 Å². The minimum absolute atomic E-state index is 0.638. The van der Waals surface area contributed by atoms with Crippen molar-refractivity contribution in [1.29, 1.82) is 0 Å². The number of nitrogens with zero attached hydrogens (tertiary/aromatic N) is 6. The highest BCUT2D eigenvalue weighted by molar-refractivity contribution is 5.75. The molecule has 6 nitrogen and oxygen atoms in total. The largest absolute Gasteiger partial charge is 0.208 e. The van der Waals surface area contributed by atoms with Crippen LogP contribution in [-0.4, -0.2) is 29.9 Å². The Labute approximate surface area is 325 Å². The minimum Gasteiger partial charge on any atom is -0.208 e. The molecule has 2 heterocycles. The van der Waals surface area contributed by atoms with Crippen molar-refractivity contribution in [2.75, 3.05) is 0 Å². The average Bonchev–Trinajstić information content (AvgIpc) is 3.29. The quantitative estimate of drug-likeness (QED) is 0.138. The Bertz CT molecular complexity index is 2620. The first-order chi connectivity index (χ1) is 27.7. The molecule has 9 aromatic rings. The summed E-state index contributed by atoms with van der Waals surface area (Å²) in [6.45, 7) is 0. The van der Waals surface area contributed by atoms with Crippen molar-refractivity contribution in [2.24, 2.45) is 0 Å².